The van der Waals surface area contributed by atoms with Gasteiger partial charge in [-0.15, -0.1) is 0 Å². The molecule has 126 valence electrons. The van der Waals surface area contributed by atoms with E-state index in [1.807, 2.05) is 30.3 Å². The van der Waals surface area contributed by atoms with E-state index >= 15 is 0 Å². The van der Waals surface area contributed by atoms with Crippen molar-refractivity contribution in [2.45, 2.75) is 36.6 Å². The third kappa shape index (κ3) is 3.19. The molecule has 1 N–H and O–H groups in total. The Labute approximate surface area is 142 Å². The van der Waals surface area contributed by atoms with Crippen LogP contribution in [0.1, 0.15) is 25.7 Å². The van der Waals surface area contributed by atoms with Gasteiger partial charge in [-0.25, -0.2) is 13.1 Å². The molecule has 2 bridgehead atoms. The predicted molar refractivity (Wildman–Crippen MR) is 92.5 cm³/mol. The molecule has 3 atom stereocenters. The van der Waals surface area contributed by atoms with Crippen molar-refractivity contribution in [1.82, 2.24) is 4.72 Å². The van der Waals surface area contributed by atoms with Crippen molar-refractivity contribution >= 4 is 10.0 Å². The minimum absolute atomic E-state index is 0.106. The minimum Gasteiger partial charge on any atom is -0.457 e. The molecule has 0 spiro atoms. The van der Waals surface area contributed by atoms with E-state index in [9.17, 15) is 8.42 Å². The zero-order valence-corrected chi connectivity index (χ0v) is 14.2. The smallest absolute Gasteiger partial charge is 0.240 e. The lowest BCUT2D eigenvalue weighted by Gasteiger charge is -2.22. The zero-order valence-electron chi connectivity index (χ0n) is 13.4. The van der Waals surface area contributed by atoms with Gasteiger partial charge in [0.1, 0.15) is 11.5 Å². The van der Waals surface area contributed by atoms with Gasteiger partial charge in [0.05, 0.1) is 4.90 Å². The fourth-order valence-corrected chi connectivity index (χ4v) is 5.29. The molecule has 2 fully saturated rings. The zero-order chi connectivity index (χ0) is 16.6. The molecule has 0 radical (unpaired) electrons. The van der Waals surface area contributed by atoms with Crippen LogP contribution in [-0.2, 0) is 10.0 Å². The molecule has 0 aromatic heterocycles. The molecule has 0 saturated heterocycles. The van der Waals surface area contributed by atoms with Gasteiger partial charge in [0.25, 0.3) is 0 Å². The fraction of sp³-hybridized carbons (Fsp3) is 0.368. The van der Waals surface area contributed by atoms with Crippen LogP contribution in [-0.4, -0.2) is 14.5 Å². The van der Waals surface area contributed by atoms with Gasteiger partial charge in [0, 0.05) is 6.04 Å². The first-order valence-corrected chi connectivity index (χ1v) is 9.94. The van der Waals surface area contributed by atoms with E-state index in [-0.39, 0.29) is 6.04 Å². The molecule has 4 rings (SSSR count). The van der Waals surface area contributed by atoms with Crippen molar-refractivity contribution in [1.29, 1.82) is 0 Å². The summed E-state index contributed by atoms with van der Waals surface area (Å²) in [7, 11) is -3.46. The van der Waals surface area contributed by atoms with Crippen LogP contribution >= 0.6 is 0 Å². The molecule has 5 heteroatoms. The monoisotopic (exact) mass is 343 g/mol. The van der Waals surface area contributed by atoms with Gasteiger partial charge in [-0.2, -0.15) is 0 Å². The van der Waals surface area contributed by atoms with Crippen molar-refractivity contribution in [3.05, 3.63) is 54.6 Å². The van der Waals surface area contributed by atoms with Gasteiger partial charge >= 0.3 is 0 Å². The second-order valence-corrected chi connectivity index (χ2v) is 8.50. The summed E-state index contributed by atoms with van der Waals surface area (Å²) in [4.78, 5) is 0.297. The van der Waals surface area contributed by atoms with Gasteiger partial charge in [-0.1, -0.05) is 24.6 Å². The first-order chi connectivity index (χ1) is 11.6. The molecule has 2 aromatic carbocycles. The molecule has 3 unspecified atom stereocenters. The lowest BCUT2D eigenvalue weighted by molar-refractivity contribution is 0.390. The highest BCUT2D eigenvalue weighted by Gasteiger charge is 2.41. The van der Waals surface area contributed by atoms with Crippen LogP contribution in [0.4, 0.5) is 0 Å². The Bertz CT molecular complexity index is 802. The van der Waals surface area contributed by atoms with E-state index in [0.717, 1.165) is 18.6 Å². The second-order valence-electron chi connectivity index (χ2n) is 6.79. The molecule has 0 aliphatic heterocycles. The number of para-hydroxylation sites is 1. The summed E-state index contributed by atoms with van der Waals surface area (Å²) < 4.78 is 33.8. The Hall–Kier alpha value is -1.85. The Balaban J connectivity index is 1.45. The Morgan fingerprint density at radius 3 is 2.21 bits per heavy atom. The maximum absolute atomic E-state index is 12.6. The van der Waals surface area contributed by atoms with Crippen LogP contribution in [0.3, 0.4) is 0 Å². The molecule has 0 amide bonds. The van der Waals surface area contributed by atoms with E-state index in [1.54, 1.807) is 24.3 Å². The summed E-state index contributed by atoms with van der Waals surface area (Å²) in [5, 5.41) is 0. The quantitative estimate of drug-likeness (QED) is 0.894. The molecule has 0 heterocycles. The molecule has 2 aliphatic rings. The summed E-state index contributed by atoms with van der Waals surface area (Å²) >= 11 is 0. The highest BCUT2D eigenvalue weighted by molar-refractivity contribution is 7.89. The fourth-order valence-electron chi connectivity index (χ4n) is 3.97. The minimum atomic E-state index is -3.46. The Morgan fingerprint density at radius 2 is 1.58 bits per heavy atom. The SMILES string of the molecule is O=S(=O)(NC1CC2CCC1C2)c1ccc(Oc2ccccc2)cc1. The maximum Gasteiger partial charge on any atom is 0.240 e. The molecular weight excluding hydrogens is 322 g/mol. The van der Waals surface area contributed by atoms with Crippen LogP contribution in [0.15, 0.2) is 59.5 Å². The number of hydrogen-bond donors (Lipinski definition) is 1. The summed E-state index contributed by atoms with van der Waals surface area (Å²) in [5.74, 6) is 2.59. The Morgan fingerprint density at radius 1 is 0.875 bits per heavy atom. The highest BCUT2D eigenvalue weighted by Crippen LogP contribution is 2.44. The van der Waals surface area contributed by atoms with Gasteiger partial charge in [0.2, 0.25) is 10.0 Å². The summed E-state index contributed by atoms with van der Waals surface area (Å²) in [6.45, 7) is 0. The first-order valence-electron chi connectivity index (χ1n) is 8.45. The number of nitrogens with one attached hydrogen (secondary N) is 1. The number of rotatable bonds is 5. The highest BCUT2D eigenvalue weighted by atomic mass is 32.2. The topological polar surface area (TPSA) is 55.4 Å². The van der Waals surface area contributed by atoms with Gasteiger partial charge in [0.15, 0.2) is 0 Å². The van der Waals surface area contributed by atoms with Gasteiger partial charge in [-0.3, -0.25) is 0 Å². The van der Waals surface area contributed by atoms with Gasteiger partial charge < -0.3 is 4.74 Å². The molecule has 24 heavy (non-hydrogen) atoms. The predicted octanol–water partition coefficient (Wildman–Crippen LogP) is 3.95. The average molecular weight is 343 g/mol. The number of ether oxygens (including phenoxy) is 1. The van der Waals surface area contributed by atoms with Crippen LogP contribution < -0.4 is 9.46 Å². The van der Waals surface area contributed by atoms with Crippen molar-refractivity contribution in [2.24, 2.45) is 11.8 Å². The maximum atomic E-state index is 12.6. The molecule has 2 saturated carbocycles. The average Bonchev–Trinajstić information content (AvgIpc) is 3.19. The van der Waals surface area contributed by atoms with Gasteiger partial charge in [-0.05, 0) is 67.5 Å². The van der Waals surface area contributed by atoms with E-state index in [2.05, 4.69) is 4.72 Å². The van der Waals surface area contributed by atoms with E-state index < -0.39 is 10.0 Å². The largest absolute Gasteiger partial charge is 0.457 e. The molecule has 2 aliphatic carbocycles. The lowest BCUT2D eigenvalue weighted by Crippen LogP contribution is -2.38. The first kappa shape index (κ1) is 15.7. The number of sulfonamides is 1. The van der Waals surface area contributed by atoms with Crippen LogP contribution in [0.2, 0.25) is 0 Å². The lowest BCUT2D eigenvalue weighted by atomic mass is 9.96. The van der Waals surface area contributed by atoms with Crippen LogP contribution in [0, 0.1) is 11.8 Å². The van der Waals surface area contributed by atoms with E-state index in [1.165, 1.54) is 12.8 Å². The van der Waals surface area contributed by atoms with E-state index in [0.29, 0.717) is 22.5 Å². The van der Waals surface area contributed by atoms with Crippen molar-refractivity contribution in [3.8, 4) is 11.5 Å². The summed E-state index contributed by atoms with van der Waals surface area (Å²) in [6.07, 6.45) is 4.58. The number of benzene rings is 2. The Kier molecular flexibility index (Phi) is 4.06. The molecule has 2 aromatic rings. The number of hydrogen-bond acceptors (Lipinski definition) is 3. The van der Waals surface area contributed by atoms with Crippen molar-refractivity contribution < 1.29 is 13.2 Å². The van der Waals surface area contributed by atoms with E-state index in [4.69, 9.17) is 4.74 Å². The normalized spacial score (nSPS) is 25.8. The standard InChI is InChI=1S/C19H21NO3S/c21-24(22,20-19-13-14-6-7-15(19)12-14)18-10-8-17(9-11-18)23-16-4-2-1-3-5-16/h1-5,8-11,14-15,19-20H,6-7,12-13H2. The third-order valence-electron chi connectivity index (χ3n) is 5.16. The van der Waals surface area contributed by atoms with Crippen molar-refractivity contribution in [2.75, 3.05) is 0 Å². The third-order valence-corrected chi connectivity index (χ3v) is 6.66. The summed E-state index contributed by atoms with van der Waals surface area (Å²) in [5.41, 5.74) is 0. The van der Waals surface area contributed by atoms with Crippen molar-refractivity contribution in [3.63, 3.8) is 0 Å². The second kappa shape index (κ2) is 6.22. The number of fused-ring (bicyclic) bond motifs is 2. The van der Waals surface area contributed by atoms with Crippen LogP contribution in [0.5, 0.6) is 11.5 Å². The van der Waals surface area contributed by atoms with Crippen LogP contribution in [0.25, 0.3) is 0 Å². The molecule has 4 nitrogen and oxygen atoms in total. The summed E-state index contributed by atoms with van der Waals surface area (Å²) in [6, 6.07) is 16.1. The molecular formula is C19H21NO3S.